The van der Waals surface area contributed by atoms with Gasteiger partial charge in [-0.05, 0) is 63.4 Å². The SMILES string of the molecule is COC(=O)[C@]1([C@@H](O)[C@@H]2C=CCCC2)N(C(=O)OCc2ccccc2)C(=O)[C@H](CCOCc2ccccc2)[C@]1(C)O[Si](C)(C)C. The molecule has 0 spiro atoms. The fraction of sp³-hybridized carbons (Fsp3) is 0.500. The quantitative estimate of drug-likeness (QED) is 0.140. The first-order chi connectivity index (χ1) is 21.0. The zero-order valence-electron chi connectivity index (χ0n) is 26.4. The van der Waals surface area contributed by atoms with Crippen LogP contribution in [0.1, 0.15) is 43.7 Å². The number of hydrogen-bond donors (Lipinski definition) is 1. The van der Waals surface area contributed by atoms with Gasteiger partial charge in [0.05, 0.1) is 25.7 Å². The van der Waals surface area contributed by atoms with Crippen LogP contribution in [0, 0.1) is 11.8 Å². The third-order valence-corrected chi connectivity index (χ3v) is 9.52. The van der Waals surface area contributed by atoms with Gasteiger partial charge in [-0.3, -0.25) is 4.79 Å². The van der Waals surface area contributed by atoms with Crippen LogP contribution in [0.15, 0.2) is 72.8 Å². The predicted octanol–water partition coefficient (Wildman–Crippen LogP) is 5.63. The number of imide groups is 1. The highest BCUT2D eigenvalue weighted by Crippen LogP contribution is 2.53. The monoisotopic (exact) mass is 623 g/mol. The van der Waals surface area contributed by atoms with Crippen LogP contribution in [0.5, 0.6) is 0 Å². The number of carbonyl (C=O) groups is 3. The Balaban J connectivity index is 1.79. The molecule has 1 aliphatic carbocycles. The van der Waals surface area contributed by atoms with E-state index in [1.54, 1.807) is 19.1 Å². The smallest absolute Gasteiger partial charge is 0.418 e. The molecule has 9 nitrogen and oxygen atoms in total. The van der Waals surface area contributed by atoms with Crippen molar-refractivity contribution in [1.29, 1.82) is 0 Å². The number of aliphatic hydroxyl groups is 1. The number of methoxy groups -OCH3 is 1. The zero-order valence-corrected chi connectivity index (χ0v) is 27.4. The van der Waals surface area contributed by atoms with Crippen LogP contribution in [0.2, 0.25) is 19.6 Å². The third kappa shape index (κ3) is 6.83. The molecule has 4 rings (SSSR count). The van der Waals surface area contributed by atoms with E-state index in [1.165, 1.54) is 7.11 Å². The molecular formula is C34H45NO8Si. The Bertz CT molecular complexity index is 1310. The lowest BCUT2D eigenvalue weighted by molar-refractivity contribution is -0.184. The molecular weight excluding hydrogens is 578 g/mol. The van der Waals surface area contributed by atoms with Gasteiger partial charge in [-0.1, -0.05) is 72.8 Å². The summed E-state index contributed by atoms with van der Waals surface area (Å²) in [6, 6.07) is 18.7. The molecule has 2 aliphatic rings. The number of allylic oxidation sites excluding steroid dienone is 1. The summed E-state index contributed by atoms with van der Waals surface area (Å²) in [5, 5.41) is 12.3. The van der Waals surface area contributed by atoms with E-state index < -0.39 is 55.4 Å². The van der Waals surface area contributed by atoms with Crippen molar-refractivity contribution in [2.24, 2.45) is 11.8 Å². The molecule has 2 aromatic rings. The minimum atomic E-state index is -2.55. The molecule has 1 fully saturated rings. The Kier molecular flexibility index (Phi) is 10.8. The summed E-state index contributed by atoms with van der Waals surface area (Å²) in [4.78, 5) is 43.6. The van der Waals surface area contributed by atoms with Gasteiger partial charge in [0.15, 0.2) is 8.32 Å². The van der Waals surface area contributed by atoms with Gasteiger partial charge in [0.1, 0.15) is 12.2 Å². The molecule has 5 atom stereocenters. The number of benzene rings is 2. The highest BCUT2D eigenvalue weighted by molar-refractivity contribution is 6.69. The number of ether oxygens (including phenoxy) is 3. The Labute approximate surface area is 261 Å². The van der Waals surface area contributed by atoms with Crippen molar-refractivity contribution >= 4 is 26.3 Å². The molecule has 1 saturated heterocycles. The number of esters is 1. The standard InChI is InChI=1S/C34H45NO8Si/c1-33(43-44(3,4)5)28(21-22-41-23-25-15-9-6-10-16-25)30(37)35(32(39)42-24-26-17-11-7-12-18-26)34(33,31(38)40-2)29(36)27-19-13-8-14-20-27/h6-7,9-13,15-19,27-29,36H,8,14,20-24H2,1-5H3/t27-,28+,29+,33+,34+/m1/s1. The minimum Gasteiger partial charge on any atom is -0.467 e. The summed E-state index contributed by atoms with van der Waals surface area (Å²) in [7, 11) is -1.36. The zero-order chi connectivity index (χ0) is 32.0. The summed E-state index contributed by atoms with van der Waals surface area (Å²) in [5.41, 5.74) is -2.20. The van der Waals surface area contributed by atoms with Crippen molar-refractivity contribution in [3.8, 4) is 0 Å². The van der Waals surface area contributed by atoms with Gasteiger partial charge in [0, 0.05) is 12.5 Å². The Hall–Kier alpha value is -3.31. The van der Waals surface area contributed by atoms with Crippen LogP contribution in [0.25, 0.3) is 0 Å². The second kappa shape index (κ2) is 14.2. The molecule has 2 aromatic carbocycles. The molecule has 2 amide bonds. The maximum absolute atomic E-state index is 14.5. The van der Waals surface area contributed by atoms with Crippen molar-refractivity contribution in [3.63, 3.8) is 0 Å². The van der Waals surface area contributed by atoms with E-state index in [1.807, 2.05) is 80.3 Å². The summed E-state index contributed by atoms with van der Waals surface area (Å²) in [5.74, 6) is -3.15. The van der Waals surface area contributed by atoms with Crippen LogP contribution in [-0.4, -0.2) is 67.3 Å². The molecule has 238 valence electrons. The summed E-state index contributed by atoms with van der Waals surface area (Å²) < 4.78 is 23.8. The highest BCUT2D eigenvalue weighted by atomic mass is 28.4. The van der Waals surface area contributed by atoms with Crippen LogP contribution in [-0.2, 0) is 41.4 Å². The predicted molar refractivity (Wildman–Crippen MR) is 168 cm³/mol. The summed E-state index contributed by atoms with van der Waals surface area (Å²) in [6.45, 7) is 7.83. The lowest BCUT2D eigenvalue weighted by Crippen LogP contribution is -2.74. The molecule has 44 heavy (non-hydrogen) atoms. The number of carbonyl (C=O) groups excluding carboxylic acids is 3. The fourth-order valence-electron chi connectivity index (χ4n) is 6.63. The molecule has 1 N–H and O–H groups in total. The van der Waals surface area contributed by atoms with Crippen molar-refractivity contribution in [2.75, 3.05) is 13.7 Å². The van der Waals surface area contributed by atoms with Crippen molar-refractivity contribution in [3.05, 3.63) is 83.9 Å². The van der Waals surface area contributed by atoms with Crippen molar-refractivity contribution < 1.29 is 38.1 Å². The largest absolute Gasteiger partial charge is 0.467 e. The van der Waals surface area contributed by atoms with Crippen LogP contribution >= 0.6 is 0 Å². The number of rotatable bonds is 12. The lowest BCUT2D eigenvalue weighted by atomic mass is 9.68. The van der Waals surface area contributed by atoms with Gasteiger partial charge in [0.25, 0.3) is 0 Å². The lowest BCUT2D eigenvalue weighted by Gasteiger charge is -2.51. The van der Waals surface area contributed by atoms with Crippen LogP contribution in [0.3, 0.4) is 0 Å². The number of amides is 2. The van der Waals surface area contributed by atoms with E-state index >= 15 is 0 Å². The van der Waals surface area contributed by atoms with E-state index in [0.717, 1.165) is 23.3 Å². The van der Waals surface area contributed by atoms with Gasteiger partial charge in [0.2, 0.25) is 11.4 Å². The van der Waals surface area contributed by atoms with Crippen LogP contribution < -0.4 is 0 Å². The first kappa shape index (κ1) is 33.6. The fourth-order valence-corrected chi connectivity index (χ4v) is 8.20. The first-order valence-corrected chi connectivity index (χ1v) is 18.7. The normalized spacial score (nSPS) is 26.0. The van der Waals surface area contributed by atoms with Gasteiger partial charge < -0.3 is 23.7 Å². The number of nitrogens with zero attached hydrogens (tertiary/aromatic N) is 1. The molecule has 0 radical (unpaired) electrons. The van der Waals surface area contributed by atoms with Gasteiger partial charge in [-0.15, -0.1) is 0 Å². The topological polar surface area (TPSA) is 112 Å². The van der Waals surface area contributed by atoms with Gasteiger partial charge >= 0.3 is 12.1 Å². The third-order valence-electron chi connectivity index (χ3n) is 8.48. The number of aliphatic hydroxyl groups excluding tert-OH is 1. The number of likely N-dealkylation sites (tertiary alicyclic amines) is 1. The molecule has 0 bridgehead atoms. The van der Waals surface area contributed by atoms with E-state index in [-0.39, 0.29) is 19.6 Å². The maximum Gasteiger partial charge on any atom is 0.418 e. The van der Waals surface area contributed by atoms with Crippen LogP contribution in [0.4, 0.5) is 4.79 Å². The Morgan fingerprint density at radius 2 is 1.64 bits per heavy atom. The molecule has 1 heterocycles. The Morgan fingerprint density at radius 3 is 2.18 bits per heavy atom. The molecule has 10 heteroatoms. The van der Waals surface area contributed by atoms with Crippen molar-refractivity contribution in [2.45, 2.75) is 82.7 Å². The highest BCUT2D eigenvalue weighted by Gasteiger charge is 2.77. The Morgan fingerprint density at radius 1 is 1.02 bits per heavy atom. The maximum atomic E-state index is 14.5. The van der Waals surface area contributed by atoms with E-state index in [9.17, 15) is 19.5 Å². The average Bonchev–Trinajstić information content (AvgIpc) is 3.20. The van der Waals surface area contributed by atoms with E-state index in [2.05, 4.69) is 0 Å². The minimum absolute atomic E-state index is 0.128. The summed E-state index contributed by atoms with van der Waals surface area (Å²) in [6.07, 6.45) is 3.56. The van der Waals surface area contributed by atoms with Gasteiger partial charge in [-0.25, -0.2) is 14.5 Å². The average molecular weight is 624 g/mol. The second-order valence-electron chi connectivity index (χ2n) is 12.6. The van der Waals surface area contributed by atoms with Crippen molar-refractivity contribution in [1.82, 2.24) is 4.90 Å². The van der Waals surface area contributed by atoms with E-state index in [4.69, 9.17) is 18.6 Å². The van der Waals surface area contributed by atoms with E-state index in [0.29, 0.717) is 18.6 Å². The van der Waals surface area contributed by atoms with Gasteiger partial charge in [-0.2, -0.15) is 0 Å². The molecule has 0 saturated carbocycles. The first-order valence-electron chi connectivity index (χ1n) is 15.3. The number of hydrogen-bond acceptors (Lipinski definition) is 8. The molecule has 0 unspecified atom stereocenters. The second-order valence-corrected chi connectivity index (χ2v) is 17.1. The summed E-state index contributed by atoms with van der Waals surface area (Å²) >= 11 is 0. The molecule has 1 aliphatic heterocycles. The molecule has 0 aromatic heterocycles.